The van der Waals surface area contributed by atoms with Crippen LogP contribution in [0.2, 0.25) is 0 Å². The van der Waals surface area contributed by atoms with Crippen molar-refractivity contribution in [2.75, 3.05) is 11.9 Å². The highest BCUT2D eigenvalue weighted by Gasteiger charge is 2.15. The number of nitrogens with zero attached hydrogens (tertiary/aromatic N) is 2. The number of hydrogen-bond acceptors (Lipinski definition) is 3. The normalized spacial score (nSPS) is 11.0. The third-order valence-corrected chi connectivity index (χ3v) is 4.17. The lowest BCUT2D eigenvalue weighted by molar-refractivity contribution is -0.114. The Bertz CT molecular complexity index is 911. The molecule has 3 rings (SSSR count). The number of carbonyl (C=O) groups excluding carboxylic acids is 1. The van der Waals surface area contributed by atoms with Gasteiger partial charge in [-0.2, -0.15) is 0 Å². The Morgan fingerprint density at radius 1 is 1.25 bits per heavy atom. The summed E-state index contributed by atoms with van der Waals surface area (Å²) >= 11 is 0. The third kappa shape index (κ3) is 2.90. The SMILES string of the molecule is CCc1c(-c2cc(C)ccc2C)nc2ccc(NC(=O)CN)cn12. The Labute approximate surface area is 141 Å². The van der Waals surface area contributed by atoms with Crippen LogP contribution in [0, 0.1) is 13.8 Å². The molecule has 0 fully saturated rings. The van der Waals surface area contributed by atoms with Crippen molar-refractivity contribution < 1.29 is 4.79 Å². The standard InChI is InChI=1S/C19H22N4O/c1-4-16-19(15-9-12(2)5-6-13(15)3)22-17-8-7-14(11-23(16)17)21-18(24)10-20/h5-9,11H,4,10,20H2,1-3H3,(H,21,24). The van der Waals surface area contributed by atoms with E-state index in [1.807, 2.05) is 22.7 Å². The van der Waals surface area contributed by atoms with Crippen LogP contribution >= 0.6 is 0 Å². The molecule has 0 unspecified atom stereocenters. The molecule has 5 heteroatoms. The zero-order valence-corrected chi connectivity index (χ0v) is 14.3. The summed E-state index contributed by atoms with van der Waals surface area (Å²) in [7, 11) is 0. The van der Waals surface area contributed by atoms with Crippen LogP contribution < -0.4 is 11.1 Å². The van der Waals surface area contributed by atoms with Gasteiger partial charge in [-0.25, -0.2) is 4.98 Å². The van der Waals surface area contributed by atoms with Gasteiger partial charge in [0, 0.05) is 11.8 Å². The van der Waals surface area contributed by atoms with Crippen molar-refractivity contribution in [2.24, 2.45) is 5.73 Å². The first-order valence-corrected chi connectivity index (χ1v) is 8.12. The molecule has 0 bridgehead atoms. The lowest BCUT2D eigenvalue weighted by Crippen LogP contribution is -2.21. The zero-order chi connectivity index (χ0) is 17.3. The van der Waals surface area contributed by atoms with E-state index < -0.39 is 0 Å². The molecule has 24 heavy (non-hydrogen) atoms. The van der Waals surface area contributed by atoms with Gasteiger partial charge in [0.15, 0.2) is 0 Å². The number of nitrogens with two attached hydrogens (primary N) is 1. The van der Waals surface area contributed by atoms with Crippen molar-refractivity contribution in [3.05, 3.63) is 53.3 Å². The Hall–Kier alpha value is -2.66. The molecular weight excluding hydrogens is 300 g/mol. The van der Waals surface area contributed by atoms with Crippen LogP contribution in [0.1, 0.15) is 23.7 Å². The lowest BCUT2D eigenvalue weighted by Gasteiger charge is -2.08. The summed E-state index contributed by atoms with van der Waals surface area (Å²) in [5.41, 5.74) is 12.7. The number of aromatic nitrogens is 2. The number of anilines is 1. The van der Waals surface area contributed by atoms with Gasteiger partial charge in [0.2, 0.25) is 5.91 Å². The Morgan fingerprint density at radius 2 is 2.04 bits per heavy atom. The van der Waals surface area contributed by atoms with Crippen LogP contribution in [-0.2, 0) is 11.2 Å². The fourth-order valence-electron chi connectivity index (χ4n) is 2.92. The quantitative estimate of drug-likeness (QED) is 0.775. The molecule has 0 radical (unpaired) electrons. The van der Waals surface area contributed by atoms with Crippen molar-refractivity contribution in [1.82, 2.24) is 9.38 Å². The Balaban J connectivity index is 2.16. The van der Waals surface area contributed by atoms with Gasteiger partial charge in [-0.15, -0.1) is 0 Å². The van der Waals surface area contributed by atoms with Gasteiger partial charge in [-0.05, 0) is 44.0 Å². The van der Waals surface area contributed by atoms with Crippen molar-refractivity contribution >= 4 is 17.2 Å². The van der Waals surface area contributed by atoms with Crippen molar-refractivity contribution in [1.29, 1.82) is 0 Å². The van der Waals surface area contributed by atoms with E-state index >= 15 is 0 Å². The van der Waals surface area contributed by atoms with Crippen LogP contribution in [0.25, 0.3) is 16.9 Å². The van der Waals surface area contributed by atoms with E-state index in [0.717, 1.165) is 34.7 Å². The minimum atomic E-state index is -0.206. The predicted octanol–water partition coefficient (Wildman–Crippen LogP) is 3.08. The van der Waals surface area contributed by atoms with E-state index in [9.17, 15) is 4.79 Å². The third-order valence-electron chi connectivity index (χ3n) is 4.17. The van der Waals surface area contributed by atoms with Gasteiger partial charge in [-0.3, -0.25) is 4.79 Å². The summed E-state index contributed by atoms with van der Waals surface area (Å²) in [5, 5.41) is 2.79. The highest BCUT2D eigenvalue weighted by molar-refractivity contribution is 5.92. The van der Waals surface area contributed by atoms with Gasteiger partial charge in [-0.1, -0.05) is 24.6 Å². The molecule has 124 valence electrons. The number of carbonyl (C=O) groups is 1. The number of imidazole rings is 1. The lowest BCUT2D eigenvalue weighted by atomic mass is 10.0. The van der Waals surface area contributed by atoms with E-state index in [1.54, 1.807) is 0 Å². The molecule has 5 nitrogen and oxygen atoms in total. The summed E-state index contributed by atoms with van der Waals surface area (Å²) in [6, 6.07) is 10.2. The summed E-state index contributed by atoms with van der Waals surface area (Å²) in [6.07, 6.45) is 2.75. The average molecular weight is 322 g/mol. The smallest absolute Gasteiger partial charge is 0.238 e. The van der Waals surface area contributed by atoms with Gasteiger partial charge in [0.05, 0.1) is 23.6 Å². The maximum Gasteiger partial charge on any atom is 0.238 e. The molecule has 1 amide bonds. The fourth-order valence-corrected chi connectivity index (χ4v) is 2.92. The van der Waals surface area contributed by atoms with Crippen molar-refractivity contribution in [2.45, 2.75) is 27.2 Å². The second-order valence-electron chi connectivity index (χ2n) is 5.98. The summed E-state index contributed by atoms with van der Waals surface area (Å²) < 4.78 is 2.04. The number of fused-ring (bicyclic) bond motifs is 1. The van der Waals surface area contributed by atoms with Crippen LogP contribution in [0.15, 0.2) is 36.5 Å². The molecule has 3 aromatic rings. The molecule has 2 heterocycles. The van der Waals surface area contributed by atoms with Gasteiger partial charge >= 0.3 is 0 Å². The van der Waals surface area contributed by atoms with Gasteiger partial charge in [0.25, 0.3) is 0 Å². The summed E-state index contributed by atoms with van der Waals surface area (Å²) in [4.78, 5) is 16.3. The van der Waals surface area contributed by atoms with E-state index in [0.29, 0.717) is 0 Å². The number of nitrogens with one attached hydrogen (secondary N) is 1. The topological polar surface area (TPSA) is 72.4 Å². The van der Waals surface area contributed by atoms with E-state index in [2.05, 4.69) is 44.3 Å². The molecule has 1 aromatic carbocycles. The minimum Gasteiger partial charge on any atom is -0.324 e. The fraction of sp³-hybridized carbons (Fsp3) is 0.263. The number of benzene rings is 1. The molecule has 0 aliphatic heterocycles. The number of amides is 1. The van der Waals surface area contributed by atoms with E-state index in [1.165, 1.54) is 11.1 Å². The highest BCUT2D eigenvalue weighted by atomic mass is 16.1. The molecule has 0 saturated heterocycles. The second-order valence-corrected chi connectivity index (χ2v) is 5.98. The molecular formula is C19H22N4O. The van der Waals surface area contributed by atoms with E-state index in [4.69, 9.17) is 10.7 Å². The minimum absolute atomic E-state index is 0.0314. The monoisotopic (exact) mass is 322 g/mol. The van der Waals surface area contributed by atoms with Crippen LogP contribution in [0.4, 0.5) is 5.69 Å². The first kappa shape index (κ1) is 16.2. The molecule has 3 N–H and O–H groups in total. The first-order valence-electron chi connectivity index (χ1n) is 8.12. The maximum atomic E-state index is 11.5. The number of rotatable bonds is 4. The summed E-state index contributed by atoms with van der Waals surface area (Å²) in [6.45, 7) is 6.27. The van der Waals surface area contributed by atoms with Gasteiger partial charge in [0.1, 0.15) is 5.65 Å². The first-order chi connectivity index (χ1) is 11.5. The predicted molar refractivity (Wildman–Crippen MR) is 97.2 cm³/mol. The number of aryl methyl sites for hydroxylation is 3. The number of hydrogen-bond donors (Lipinski definition) is 2. The van der Waals surface area contributed by atoms with Crippen LogP contribution in [-0.4, -0.2) is 21.8 Å². The Kier molecular flexibility index (Phi) is 4.36. The zero-order valence-electron chi connectivity index (χ0n) is 14.3. The average Bonchev–Trinajstić information content (AvgIpc) is 2.94. The van der Waals surface area contributed by atoms with E-state index in [-0.39, 0.29) is 12.5 Å². The largest absolute Gasteiger partial charge is 0.324 e. The van der Waals surface area contributed by atoms with Crippen molar-refractivity contribution in [3.8, 4) is 11.3 Å². The molecule has 0 spiro atoms. The second kappa shape index (κ2) is 6.45. The van der Waals surface area contributed by atoms with Crippen LogP contribution in [0.3, 0.4) is 0 Å². The summed E-state index contributed by atoms with van der Waals surface area (Å²) in [5.74, 6) is -0.206. The molecule has 0 saturated carbocycles. The molecule has 2 aromatic heterocycles. The molecule has 0 aliphatic carbocycles. The molecule has 0 atom stereocenters. The molecule has 0 aliphatic rings. The number of pyridine rings is 1. The highest BCUT2D eigenvalue weighted by Crippen LogP contribution is 2.29. The maximum absolute atomic E-state index is 11.5. The Morgan fingerprint density at radius 3 is 2.75 bits per heavy atom. The van der Waals surface area contributed by atoms with Gasteiger partial charge < -0.3 is 15.5 Å². The van der Waals surface area contributed by atoms with Crippen LogP contribution in [0.5, 0.6) is 0 Å². The van der Waals surface area contributed by atoms with Crippen molar-refractivity contribution in [3.63, 3.8) is 0 Å².